The Labute approximate surface area is 124 Å². The van der Waals surface area contributed by atoms with Crippen LogP contribution in [-0.2, 0) is 12.8 Å². The second-order valence-electron chi connectivity index (χ2n) is 4.21. The van der Waals surface area contributed by atoms with E-state index in [2.05, 4.69) is 10.3 Å². The molecule has 3 nitrogen and oxygen atoms in total. The Morgan fingerprint density at radius 2 is 1.95 bits per heavy atom. The van der Waals surface area contributed by atoms with Gasteiger partial charge in [0.15, 0.2) is 0 Å². The van der Waals surface area contributed by atoms with Crippen LogP contribution < -0.4 is 10.1 Å². The number of benzene rings is 1. The zero-order valence-corrected chi connectivity index (χ0v) is 11.8. The molecule has 0 aliphatic heterocycles. The van der Waals surface area contributed by atoms with Gasteiger partial charge in [-0.1, -0.05) is 29.8 Å². The predicted molar refractivity (Wildman–Crippen MR) is 74.6 cm³/mol. The lowest BCUT2D eigenvalue weighted by Gasteiger charge is -2.12. The van der Waals surface area contributed by atoms with Crippen LogP contribution in [0.4, 0.5) is 19.0 Å². The molecule has 112 valence electrons. The molecule has 0 aliphatic rings. The van der Waals surface area contributed by atoms with E-state index in [1.54, 1.807) is 24.3 Å². The maximum absolute atomic E-state index is 12.8. The number of alkyl halides is 3. The van der Waals surface area contributed by atoms with Crippen molar-refractivity contribution in [2.75, 3.05) is 12.4 Å². The Morgan fingerprint density at radius 3 is 2.57 bits per heavy atom. The molecule has 2 aromatic rings. The molecule has 0 spiro atoms. The molecular weight excluding hydrogens is 305 g/mol. The van der Waals surface area contributed by atoms with Crippen LogP contribution in [0.1, 0.15) is 11.1 Å². The van der Waals surface area contributed by atoms with E-state index in [0.29, 0.717) is 10.6 Å². The molecule has 0 bridgehead atoms. The number of halogens is 4. The van der Waals surface area contributed by atoms with Crippen LogP contribution in [0.3, 0.4) is 0 Å². The molecule has 0 atom stereocenters. The number of anilines is 1. The van der Waals surface area contributed by atoms with E-state index in [1.807, 2.05) is 0 Å². The number of rotatable bonds is 4. The quantitative estimate of drug-likeness (QED) is 0.909. The van der Waals surface area contributed by atoms with Gasteiger partial charge < -0.3 is 10.1 Å². The number of nitrogens with one attached hydrogen (secondary N) is 1. The summed E-state index contributed by atoms with van der Waals surface area (Å²) in [5.41, 5.74) is -0.152. The van der Waals surface area contributed by atoms with E-state index in [1.165, 1.54) is 7.05 Å². The summed E-state index contributed by atoms with van der Waals surface area (Å²) in [4.78, 5) is 3.93. The average molecular weight is 317 g/mol. The summed E-state index contributed by atoms with van der Waals surface area (Å²) in [6.07, 6.45) is -4.46. The Bertz CT molecular complexity index is 632. The number of aromatic nitrogens is 1. The Hall–Kier alpha value is -1.95. The largest absolute Gasteiger partial charge is 0.473 e. The highest BCUT2D eigenvalue weighted by Crippen LogP contribution is 2.32. The number of nitrogens with zero attached hydrogens (tertiary/aromatic N) is 1. The first-order valence-corrected chi connectivity index (χ1v) is 6.41. The normalized spacial score (nSPS) is 11.3. The van der Waals surface area contributed by atoms with Gasteiger partial charge in [-0.05, 0) is 12.1 Å². The second kappa shape index (κ2) is 6.22. The maximum Gasteiger partial charge on any atom is 0.416 e. The molecular formula is C14H12ClF3N2O. The molecule has 0 saturated heterocycles. The Morgan fingerprint density at radius 1 is 1.24 bits per heavy atom. The van der Waals surface area contributed by atoms with Crippen molar-refractivity contribution in [1.82, 2.24) is 4.98 Å². The first-order chi connectivity index (χ1) is 9.90. The van der Waals surface area contributed by atoms with Gasteiger partial charge in [0, 0.05) is 23.7 Å². The molecule has 1 aromatic carbocycles. The van der Waals surface area contributed by atoms with Crippen molar-refractivity contribution in [3.63, 3.8) is 0 Å². The SMILES string of the molecule is CNc1cc(C(F)(F)F)cc(OCc2ccccc2Cl)n1. The van der Waals surface area contributed by atoms with E-state index < -0.39 is 11.7 Å². The van der Waals surface area contributed by atoms with Crippen molar-refractivity contribution < 1.29 is 17.9 Å². The van der Waals surface area contributed by atoms with Gasteiger partial charge in [0.1, 0.15) is 12.4 Å². The highest BCUT2D eigenvalue weighted by atomic mass is 35.5. The van der Waals surface area contributed by atoms with Gasteiger partial charge >= 0.3 is 6.18 Å². The van der Waals surface area contributed by atoms with E-state index >= 15 is 0 Å². The van der Waals surface area contributed by atoms with Gasteiger partial charge in [-0.25, -0.2) is 0 Å². The topological polar surface area (TPSA) is 34.1 Å². The minimum absolute atomic E-state index is 0.0388. The summed E-state index contributed by atoms with van der Waals surface area (Å²) in [6.45, 7) is 0.0388. The maximum atomic E-state index is 12.8. The van der Waals surface area contributed by atoms with Gasteiger partial charge in [0.2, 0.25) is 5.88 Å². The number of pyridine rings is 1. The van der Waals surface area contributed by atoms with Gasteiger partial charge in [0.25, 0.3) is 0 Å². The third kappa shape index (κ3) is 4.01. The van der Waals surface area contributed by atoms with Crippen LogP contribution in [0.25, 0.3) is 0 Å². The monoisotopic (exact) mass is 316 g/mol. The average Bonchev–Trinajstić information content (AvgIpc) is 2.45. The van der Waals surface area contributed by atoms with Gasteiger partial charge in [-0.15, -0.1) is 0 Å². The molecule has 0 saturated carbocycles. The first-order valence-electron chi connectivity index (χ1n) is 6.03. The molecule has 0 aliphatic carbocycles. The van der Waals surface area contributed by atoms with Crippen LogP contribution >= 0.6 is 11.6 Å². The van der Waals surface area contributed by atoms with E-state index in [9.17, 15) is 13.2 Å². The number of ether oxygens (including phenoxy) is 1. The van der Waals surface area contributed by atoms with E-state index in [0.717, 1.165) is 12.1 Å². The van der Waals surface area contributed by atoms with Gasteiger partial charge in [0.05, 0.1) is 5.56 Å². The fraction of sp³-hybridized carbons (Fsp3) is 0.214. The van der Waals surface area contributed by atoms with Crippen molar-refractivity contribution in [2.45, 2.75) is 12.8 Å². The molecule has 21 heavy (non-hydrogen) atoms. The molecule has 0 unspecified atom stereocenters. The van der Waals surface area contributed by atoms with E-state index in [4.69, 9.17) is 16.3 Å². The summed E-state index contributed by atoms with van der Waals surface area (Å²) in [6, 6.07) is 8.71. The fourth-order valence-electron chi connectivity index (χ4n) is 1.64. The molecule has 2 rings (SSSR count). The molecule has 1 heterocycles. The second-order valence-corrected chi connectivity index (χ2v) is 4.61. The van der Waals surface area contributed by atoms with Crippen molar-refractivity contribution in [1.29, 1.82) is 0 Å². The highest BCUT2D eigenvalue weighted by Gasteiger charge is 2.31. The number of hydrogen-bond acceptors (Lipinski definition) is 3. The van der Waals surface area contributed by atoms with Crippen LogP contribution in [0.15, 0.2) is 36.4 Å². The third-order valence-electron chi connectivity index (χ3n) is 2.72. The van der Waals surface area contributed by atoms with E-state index in [-0.39, 0.29) is 18.3 Å². The summed E-state index contributed by atoms with van der Waals surface area (Å²) < 4.78 is 43.7. The molecule has 7 heteroatoms. The van der Waals surface area contributed by atoms with Crippen LogP contribution in [0.2, 0.25) is 5.02 Å². The summed E-state index contributed by atoms with van der Waals surface area (Å²) in [5, 5.41) is 3.06. The third-order valence-corrected chi connectivity index (χ3v) is 3.09. The van der Waals surface area contributed by atoms with Crippen molar-refractivity contribution in [3.8, 4) is 5.88 Å². The van der Waals surface area contributed by atoms with Crippen molar-refractivity contribution >= 4 is 17.4 Å². The van der Waals surface area contributed by atoms with Gasteiger partial charge in [-0.3, -0.25) is 0 Å². The summed E-state index contributed by atoms with van der Waals surface area (Å²) >= 11 is 5.96. The fourth-order valence-corrected chi connectivity index (χ4v) is 1.83. The highest BCUT2D eigenvalue weighted by molar-refractivity contribution is 6.31. The lowest BCUT2D eigenvalue weighted by molar-refractivity contribution is -0.137. The van der Waals surface area contributed by atoms with Gasteiger partial charge in [-0.2, -0.15) is 18.2 Å². The van der Waals surface area contributed by atoms with Crippen molar-refractivity contribution in [3.05, 3.63) is 52.5 Å². The molecule has 1 aromatic heterocycles. The summed E-state index contributed by atoms with van der Waals surface area (Å²) in [5.74, 6) is -0.0342. The predicted octanol–water partition coefficient (Wildman–Crippen LogP) is 4.37. The summed E-state index contributed by atoms with van der Waals surface area (Å²) in [7, 11) is 1.49. The minimum atomic E-state index is -4.46. The first kappa shape index (κ1) is 15.4. The zero-order valence-electron chi connectivity index (χ0n) is 11.0. The lowest BCUT2D eigenvalue weighted by atomic mass is 10.2. The molecule has 0 fully saturated rings. The Kier molecular flexibility index (Phi) is 4.57. The zero-order chi connectivity index (χ0) is 15.5. The molecule has 0 radical (unpaired) electrons. The standard InChI is InChI=1S/C14H12ClF3N2O/c1-19-12-6-10(14(16,17)18)7-13(20-12)21-8-9-4-2-3-5-11(9)15/h2-7H,8H2,1H3,(H,19,20). The minimum Gasteiger partial charge on any atom is -0.473 e. The molecule has 1 N–H and O–H groups in total. The lowest BCUT2D eigenvalue weighted by Crippen LogP contribution is -2.08. The van der Waals surface area contributed by atoms with Crippen LogP contribution in [-0.4, -0.2) is 12.0 Å². The van der Waals surface area contributed by atoms with Crippen LogP contribution in [0.5, 0.6) is 5.88 Å². The molecule has 0 amide bonds. The van der Waals surface area contributed by atoms with Crippen molar-refractivity contribution in [2.24, 2.45) is 0 Å². The number of hydrogen-bond donors (Lipinski definition) is 1. The Balaban J connectivity index is 2.22. The smallest absolute Gasteiger partial charge is 0.416 e. The van der Waals surface area contributed by atoms with Crippen LogP contribution in [0, 0.1) is 0 Å².